The lowest BCUT2D eigenvalue weighted by atomic mass is 10.0. The lowest BCUT2D eigenvalue weighted by Crippen LogP contribution is -2.29. The molecule has 0 saturated carbocycles. The van der Waals surface area contributed by atoms with Gasteiger partial charge in [-0.1, -0.05) is 181 Å². The van der Waals surface area contributed by atoms with Crippen molar-refractivity contribution in [2.75, 3.05) is 32.8 Å². The van der Waals surface area contributed by atoms with Crippen LogP contribution in [0.3, 0.4) is 0 Å². The molecule has 6 nitrogen and oxygen atoms in total. The molecule has 0 bridgehead atoms. The van der Waals surface area contributed by atoms with Gasteiger partial charge < -0.3 is 24.2 Å². The molecule has 1 heterocycles. The number of carbonyl (C=O) groups excluding carboxylic acids is 1. The third-order valence-electron chi connectivity index (χ3n) is 10.9. The smallest absolute Gasteiger partial charge is 0.305 e. The Kier molecular flexibility index (Phi) is 35.6. The van der Waals surface area contributed by atoms with Crippen LogP contribution in [0.5, 0.6) is 0 Å². The maximum atomic E-state index is 12.0. The van der Waals surface area contributed by atoms with E-state index in [9.17, 15) is 9.90 Å². The predicted octanol–water partition coefficient (Wildman–Crippen LogP) is 12.9. The zero-order valence-electron chi connectivity index (χ0n) is 34.6. The highest BCUT2D eigenvalue weighted by Crippen LogP contribution is 2.32. The maximum absolute atomic E-state index is 12.0. The van der Waals surface area contributed by atoms with Crippen molar-refractivity contribution >= 4 is 5.97 Å². The average molecular weight is 724 g/mol. The van der Waals surface area contributed by atoms with E-state index in [1.807, 2.05) is 0 Å². The van der Waals surface area contributed by atoms with Crippen LogP contribution in [-0.4, -0.2) is 67.3 Å². The Morgan fingerprint density at radius 2 is 1.02 bits per heavy atom. The molecule has 2 atom stereocenters. The quantitative estimate of drug-likeness (QED) is 0.0384. The molecule has 0 aromatic carbocycles. The number of esters is 1. The van der Waals surface area contributed by atoms with Gasteiger partial charge in [-0.2, -0.15) is 0 Å². The summed E-state index contributed by atoms with van der Waals surface area (Å²) in [4.78, 5) is 14.4. The maximum Gasteiger partial charge on any atom is 0.305 e. The van der Waals surface area contributed by atoms with Crippen LogP contribution in [-0.2, 0) is 19.0 Å². The molecule has 1 aliphatic heterocycles. The van der Waals surface area contributed by atoms with Crippen LogP contribution in [0.1, 0.15) is 233 Å². The number of rotatable bonds is 42. The number of nitrogens with zero attached hydrogens (tertiary/aromatic N) is 1. The first-order chi connectivity index (χ1) is 25.1. The van der Waals surface area contributed by atoms with Crippen molar-refractivity contribution in [1.29, 1.82) is 0 Å². The SMILES string of the molecule is CCCCCCCCCOC(=O)CCCCCCCN(CCO)CCCCCCCC1OC1OC(CCCCCCCC)CCCCCCCC. The van der Waals surface area contributed by atoms with Crippen molar-refractivity contribution in [1.82, 2.24) is 4.90 Å². The fourth-order valence-corrected chi connectivity index (χ4v) is 7.37. The highest BCUT2D eigenvalue weighted by molar-refractivity contribution is 5.69. The molecule has 1 aliphatic rings. The third kappa shape index (κ3) is 32.5. The van der Waals surface area contributed by atoms with Crippen molar-refractivity contribution in [3.8, 4) is 0 Å². The van der Waals surface area contributed by atoms with Gasteiger partial charge in [0, 0.05) is 13.0 Å². The van der Waals surface area contributed by atoms with Crippen LogP contribution in [0, 0.1) is 0 Å². The highest BCUT2D eigenvalue weighted by atomic mass is 16.8. The second-order valence-electron chi connectivity index (χ2n) is 15.9. The summed E-state index contributed by atoms with van der Waals surface area (Å²) in [5.74, 6) is -0.0181. The first-order valence-corrected chi connectivity index (χ1v) is 22.9. The summed E-state index contributed by atoms with van der Waals surface area (Å²) in [6, 6.07) is 0. The van der Waals surface area contributed by atoms with Crippen molar-refractivity contribution in [3.63, 3.8) is 0 Å². The Morgan fingerprint density at radius 1 is 0.569 bits per heavy atom. The van der Waals surface area contributed by atoms with Crippen molar-refractivity contribution in [2.45, 2.75) is 251 Å². The Hall–Kier alpha value is -0.690. The van der Waals surface area contributed by atoms with Gasteiger partial charge in [-0.25, -0.2) is 0 Å². The topological polar surface area (TPSA) is 71.5 Å². The van der Waals surface area contributed by atoms with E-state index in [4.69, 9.17) is 14.2 Å². The van der Waals surface area contributed by atoms with E-state index in [1.165, 1.54) is 180 Å². The van der Waals surface area contributed by atoms with Gasteiger partial charge in [0.1, 0.15) is 6.10 Å². The molecular formula is C45H89NO5. The monoisotopic (exact) mass is 724 g/mol. The number of aliphatic hydroxyl groups is 1. The third-order valence-corrected chi connectivity index (χ3v) is 10.9. The van der Waals surface area contributed by atoms with E-state index in [2.05, 4.69) is 25.7 Å². The van der Waals surface area contributed by atoms with Gasteiger partial charge in [0.2, 0.25) is 0 Å². The fraction of sp³-hybridized carbons (Fsp3) is 0.978. The molecule has 0 aromatic rings. The van der Waals surface area contributed by atoms with Crippen molar-refractivity contribution in [3.05, 3.63) is 0 Å². The lowest BCUT2D eigenvalue weighted by Gasteiger charge is -2.21. The van der Waals surface area contributed by atoms with Gasteiger partial charge in [0.15, 0.2) is 6.29 Å². The number of hydrogen-bond acceptors (Lipinski definition) is 6. The molecular weight excluding hydrogens is 634 g/mol. The Morgan fingerprint density at radius 3 is 1.55 bits per heavy atom. The lowest BCUT2D eigenvalue weighted by molar-refractivity contribution is -0.143. The standard InChI is InChI=1S/C45H89NO5/c1-4-7-10-13-16-25-32-41-49-44(48)36-29-22-18-24-31-38-46(39-40-47)37-30-23-17-21-28-35-43-45(51-43)50-42(33-26-19-14-11-8-5-2)34-27-20-15-12-9-6-3/h42-43,45,47H,4-41H2,1-3H3. The van der Waals surface area contributed by atoms with Crippen LogP contribution in [0.25, 0.3) is 0 Å². The summed E-state index contributed by atoms with van der Waals surface area (Å²) in [5, 5.41) is 9.56. The summed E-state index contributed by atoms with van der Waals surface area (Å²) in [5.41, 5.74) is 0. The van der Waals surface area contributed by atoms with E-state index in [0.717, 1.165) is 45.3 Å². The van der Waals surface area contributed by atoms with E-state index in [-0.39, 0.29) is 18.9 Å². The largest absolute Gasteiger partial charge is 0.466 e. The Bertz CT molecular complexity index is 705. The molecule has 2 unspecified atom stereocenters. The number of ether oxygens (including phenoxy) is 3. The molecule has 51 heavy (non-hydrogen) atoms. The minimum absolute atomic E-state index is 0.0181. The normalized spacial score (nSPS) is 15.7. The van der Waals surface area contributed by atoms with Gasteiger partial charge >= 0.3 is 5.97 Å². The molecule has 0 aliphatic carbocycles. The molecule has 0 amide bonds. The molecule has 1 N–H and O–H groups in total. The van der Waals surface area contributed by atoms with E-state index in [0.29, 0.717) is 25.2 Å². The molecule has 304 valence electrons. The molecule has 6 heteroatoms. The van der Waals surface area contributed by atoms with Gasteiger partial charge in [-0.3, -0.25) is 4.79 Å². The summed E-state index contributed by atoms with van der Waals surface area (Å²) < 4.78 is 17.9. The van der Waals surface area contributed by atoms with Crippen LogP contribution in [0.2, 0.25) is 0 Å². The van der Waals surface area contributed by atoms with Gasteiger partial charge in [-0.05, 0) is 58.0 Å². The number of carbonyl (C=O) groups is 1. The zero-order chi connectivity index (χ0) is 36.9. The van der Waals surface area contributed by atoms with Gasteiger partial charge in [0.25, 0.3) is 0 Å². The van der Waals surface area contributed by atoms with Crippen LogP contribution >= 0.6 is 0 Å². The van der Waals surface area contributed by atoms with E-state index < -0.39 is 0 Å². The van der Waals surface area contributed by atoms with E-state index >= 15 is 0 Å². The molecule has 1 fully saturated rings. The summed E-state index contributed by atoms with van der Waals surface area (Å²) in [6.45, 7) is 10.6. The highest BCUT2D eigenvalue weighted by Gasteiger charge is 2.40. The molecule has 0 radical (unpaired) electrons. The van der Waals surface area contributed by atoms with Crippen LogP contribution in [0.15, 0.2) is 0 Å². The molecule has 1 rings (SSSR count). The van der Waals surface area contributed by atoms with Gasteiger partial charge in [0.05, 0.1) is 19.3 Å². The van der Waals surface area contributed by atoms with Crippen LogP contribution in [0.4, 0.5) is 0 Å². The number of aliphatic hydroxyl groups excluding tert-OH is 1. The summed E-state index contributed by atoms with van der Waals surface area (Å²) in [6.07, 6.45) is 41.7. The first-order valence-electron chi connectivity index (χ1n) is 22.9. The summed E-state index contributed by atoms with van der Waals surface area (Å²) >= 11 is 0. The molecule has 0 aromatic heterocycles. The zero-order valence-corrected chi connectivity index (χ0v) is 34.6. The number of epoxide rings is 1. The Labute approximate surface area is 318 Å². The van der Waals surface area contributed by atoms with Crippen molar-refractivity contribution < 1.29 is 24.1 Å². The molecule has 0 spiro atoms. The molecule has 1 saturated heterocycles. The Balaban J connectivity index is 2.04. The second-order valence-corrected chi connectivity index (χ2v) is 15.9. The minimum Gasteiger partial charge on any atom is -0.466 e. The number of unbranched alkanes of at least 4 members (excludes halogenated alkanes) is 24. The second kappa shape index (κ2) is 37.6. The average Bonchev–Trinajstić information content (AvgIpc) is 3.88. The summed E-state index contributed by atoms with van der Waals surface area (Å²) in [7, 11) is 0. The van der Waals surface area contributed by atoms with E-state index in [1.54, 1.807) is 0 Å². The van der Waals surface area contributed by atoms with Crippen LogP contribution < -0.4 is 0 Å². The predicted molar refractivity (Wildman–Crippen MR) is 217 cm³/mol. The van der Waals surface area contributed by atoms with Crippen molar-refractivity contribution in [2.24, 2.45) is 0 Å². The first kappa shape index (κ1) is 48.3. The fourth-order valence-electron chi connectivity index (χ4n) is 7.37. The number of hydrogen-bond donors (Lipinski definition) is 1. The minimum atomic E-state index is -0.0181. The van der Waals surface area contributed by atoms with Gasteiger partial charge in [-0.15, -0.1) is 0 Å².